The van der Waals surface area contributed by atoms with Crippen LogP contribution < -0.4 is 14.4 Å². The first-order chi connectivity index (χ1) is 15.9. The van der Waals surface area contributed by atoms with Crippen molar-refractivity contribution in [1.29, 1.82) is 0 Å². The minimum absolute atomic E-state index is 0.00525. The average molecular weight is 473 g/mol. The van der Waals surface area contributed by atoms with Crippen molar-refractivity contribution >= 4 is 17.4 Å². The van der Waals surface area contributed by atoms with E-state index in [1.54, 1.807) is 18.2 Å². The van der Waals surface area contributed by atoms with Gasteiger partial charge in [-0.05, 0) is 42.2 Å². The molecule has 2 aromatic carbocycles. The second-order valence-electron chi connectivity index (χ2n) is 9.44. The van der Waals surface area contributed by atoms with Crippen molar-refractivity contribution in [1.82, 2.24) is 0 Å². The lowest BCUT2D eigenvalue weighted by Crippen LogP contribution is -2.43. The monoisotopic (exact) mass is 473 g/mol. The maximum atomic E-state index is 13.4. The summed E-state index contributed by atoms with van der Waals surface area (Å²) in [6.45, 7) is 3.89. The van der Waals surface area contributed by atoms with Gasteiger partial charge < -0.3 is 9.47 Å². The van der Waals surface area contributed by atoms with Gasteiger partial charge in [-0.2, -0.15) is 13.2 Å². The van der Waals surface area contributed by atoms with Gasteiger partial charge in [0.15, 0.2) is 5.78 Å². The van der Waals surface area contributed by atoms with Gasteiger partial charge in [-0.15, -0.1) is 0 Å². The normalized spacial score (nSPS) is 20.3. The molecule has 0 saturated carbocycles. The number of ether oxygens (including phenoxy) is 2. The highest BCUT2D eigenvalue weighted by molar-refractivity contribution is 6.08. The molecule has 0 aromatic heterocycles. The molecule has 1 aliphatic heterocycles. The van der Waals surface area contributed by atoms with E-state index in [9.17, 15) is 22.8 Å². The van der Waals surface area contributed by atoms with E-state index in [1.165, 1.54) is 31.3 Å². The molecule has 2 aliphatic rings. The predicted octanol–water partition coefficient (Wildman–Crippen LogP) is 5.89. The van der Waals surface area contributed by atoms with Crippen LogP contribution in [0.3, 0.4) is 0 Å². The van der Waals surface area contributed by atoms with Crippen molar-refractivity contribution in [3.63, 3.8) is 0 Å². The van der Waals surface area contributed by atoms with E-state index in [1.807, 2.05) is 13.8 Å². The van der Waals surface area contributed by atoms with Gasteiger partial charge in [0.2, 0.25) is 5.91 Å². The molecule has 34 heavy (non-hydrogen) atoms. The number of benzene rings is 2. The van der Waals surface area contributed by atoms with E-state index < -0.39 is 23.1 Å². The molecule has 2 aromatic rings. The zero-order valence-electron chi connectivity index (χ0n) is 19.5. The largest absolute Gasteiger partial charge is 0.497 e. The number of Topliss-reactive ketones (excluding diaryl/α,β-unsaturated/α-hetero) is 1. The molecule has 4 rings (SSSR count). The van der Waals surface area contributed by atoms with Crippen LogP contribution in [-0.4, -0.2) is 25.9 Å². The molecular weight excluding hydrogens is 447 g/mol. The molecule has 1 unspecified atom stereocenters. The summed E-state index contributed by atoms with van der Waals surface area (Å²) in [5.74, 6) is 0.215. The second kappa shape index (κ2) is 8.49. The Hall–Kier alpha value is -3.29. The molecule has 1 heterocycles. The Morgan fingerprint density at radius 2 is 1.65 bits per heavy atom. The van der Waals surface area contributed by atoms with Gasteiger partial charge in [0.25, 0.3) is 0 Å². The predicted molar refractivity (Wildman–Crippen MR) is 121 cm³/mol. The highest BCUT2D eigenvalue weighted by atomic mass is 19.4. The van der Waals surface area contributed by atoms with Gasteiger partial charge in [-0.1, -0.05) is 19.9 Å². The number of anilines is 1. The van der Waals surface area contributed by atoms with Crippen molar-refractivity contribution in [3.05, 3.63) is 64.9 Å². The third-order valence-electron chi connectivity index (χ3n) is 6.41. The van der Waals surface area contributed by atoms with Crippen molar-refractivity contribution in [3.8, 4) is 11.5 Å². The van der Waals surface area contributed by atoms with Crippen LogP contribution in [0.2, 0.25) is 0 Å². The van der Waals surface area contributed by atoms with E-state index >= 15 is 0 Å². The number of rotatable bonds is 4. The topological polar surface area (TPSA) is 55.8 Å². The van der Waals surface area contributed by atoms with E-state index in [0.717, 1.165) is 12.1 Å². The van der Waals surface area contributed by atoms with Gasteiger partial charge in [0, 0.05) is 47.3 Å². The minimum atomic E-state index is -4.48. The Kier molecular flexibility index (Phi) is 5.96. The zero-order valence-corrected chi connectivity index (χ0v) is 19.5. The van der Waals surface area contributed by atoms with E-state index in [-0.39, 0.29) is 18.1 Å². The number of amides is 1. The molecule has 0 radical (unpaired) electrons. The van der Waals surface area contributed by atoms with Gasteiger partial charge in [0.1, 0.15) is 11.5 Å². The average Bonchev–Trinajstić information content (AvgIpc) is 2.76. The number of allylic oxidation sites excluding steroid dienone is 2. The number of nitrogens with zero attached hydrogens (tertiary/aromatic N) is 1. The molecule has 1 aliphatic carbocycles. The highest BCUT2D eigenvalue weighted by Gasteiger charge is 2.45. The second-order valence-corrected chi connectivity index (χ2v) is 9.44. The van der Waals surface area contributed by atoms with Crippen LogP contribution in [0.15, 0.2) is 53.7 Å². The smallest absolute Gasteiger partial charge is 0.416 e. The Morgan fingerprint density at radius 1 is 0.971 bits per heavy atom. The van der Waals surface area contributed by atoms with Crippen LogP contribution in [0, 0.1) is 5.41 Å². The lowest BCUT2D eigenvalue weighted by molar-refractivity contribution is -0.137. The molecule has 1 atom stereocenters. The molecule has 0 saturated heterocycles. The lowest BCUT2D eigenvalue weighted by Gasteiger charge is -2.43. The minimum Gasteiger partial charge on any atom is -0.497 e. The van der Waals surface area contributed by atoms with Crippen molar-refractivity contribution in [2.45, 2.75) is 45.2 Å². The summed E-state index contributed by atoms with van der Waals surface area (Å²) in [6, 6.07) is 9.73. The Labute approximate surface area is 196 Å². The summed E-state index contributed by atoms with van der Waals surface area (Å²) < 4.78 is 50.0. The molecule has 8 heteroatoms. The van der Waals surface area contributed by atoms with Crippen LogP contribution in [0.4, 0.5) is 18.9 Å². The number of carbonyl (C=O) groups is 2. The molecule has 180 valence electrons. The van der Waals surface area contributed by atoms with Crippen molar-refractivity contribution in [2.75, 3.05) is 19.1 Å². The Morgan fingerprint density at radius 3 is 2.24 bits per heavy atom. The summed E-state index contributed by atoms with van der Waals surface area (Å²) >= 11 is 0. The first-order valence-electron chi connectivity index (χ1n) is 10.9. The fraction of sp³-hybridized carbons (Fsp3) is 0.385. The first-order valence-corrected chi connectivity index (χ1v) is 10.9. The third-order valence-corrected chi connectivity index (χ3v) is 6.41. The van der Waals surface area contributed by atoms with Gasteiger partial charge in [-0.25, -0.2) is 0 Å². The number of halogens is 3. The Balaban J connectivity index is 1.87. The SMILES string of the molecule is COc1ccc(C2CC(=O)N(c3ccc(C(F)(F)F)cc3)C3=C2C(=O)CC(C)(C)C3)c(OC)c1. The molecular formula is C26H26F3NO4. The Bertz CT molecular complexity index is 1170. The molecule has 1 amide bonds. The number of methoxy groups -OCH3 is 2. The fourth-order valence-electron chi connectivity index (χ4n) is 4.89. The van der Waals surface area contributed by atoms with Crippen LogP contribution in [0.5, 0.6) is 11.5 Å². The highest BCUT2D eigenvalue weighted by Crippen LogP contribution is 2.50. The van der Waals surface area contributed by atoms with Gasteiger partial charge >= 0.3 is 6.18 Å². The standard InChI is InChI=1S/C26H26F3NO4/c1-25(2)13-20-24(21(31)14-25)19(18-10-9-17(33-3)11-22(18)34-4)12-23(32)30(20)16-7-5-15(6-8-16)26(27,28)29/h5-11,19H,12-14H2,1-4H3. The van der Waals surface area contributed by atoms with Crippen molar-refractivity contribution in [2.24, 2.45) is 5.41 Å². The maximum Gasteiger partial charge on any atom is 0.416 e. The van der Waals surface area contributed by atoms with Gasteiger partial charge in [-0.3, -0.25) is 14.5 Å². The molecule has 5 nitrogen and oxygen atoms in total. The van der Waals surface area contributed by atoms with Crippen LogP contribution in [-0.2, 0) is 15.8 Å². The summed E-state index contributed by atoms with van der Waals surface area (Å²) in [7, 11) is 3.05. The van der Waals surface area contributed by atoms with Crippen LogP contribution >= 0.6 is 0 Å². The third kappa shape index (κ3) is 4.29. The first kappa shape index (κ1) is 23.9. The van der Waals surface area contributed by atoms with E-state index in [2.05, 4.69) is 0 Å². The molecule has 0 fully saturated rings. The van der Waals surface area contributed by atoms with Gasteiger partial charge in [0.05, 0.1) is 19.8 Å². The number of hydrogen-bond donors (Lipinski definition) is 0. The van der Waals surface area contributed by atoms with Crippen LogP contribution in [0.25, 0.3) is 0 Å². The number of ketones is 1. The lowest BCUT2D eigenvalue weighted by atomic mass is 9.69. The molecule has 0 N–H and O–H groups in total. The van der Waals surface area contributed by atoms with E-state index in [0.29, 0.717) is 46.9 Å². The number of alkyl halides is 3. The summed E-state index contributed by atoms with van der Waals surface area (Å²) in [4.78, 5) is 28.3. The molecule has 0 spiro atoms. The fourth-order valence-corrected chi connectivity index (χ4v) is 4.89. The van der Waals surface area contributed by atoms with Crippen molar-refractivity contribution < 1.29 is 32.2 Å². The molecule has 0 bridgehead atoms. The summed E-state index contributed by atoms with van der Waals surface area (Å²) in [6.07, 6.45) is -3.73. The zero-order chi connectivity index (χ0) is 24.8. The number of hydrogen-bond acceptors (Lipinski definition) is 4. The van der Waals surface area contributed by atoms with Crippen LogP contribution in [0.1, 0.15) is 50.2 Å². The summed E-state index contributed by atoms with van der Waals surface area (Å²) in [5.41, 5.74) is 0.880. The summed E-state index contributed by atoms with van der Waals surface area (Å²) in [5, 5.41) is 0. The maximum absolute atomic E-state index is 13.4. The number of carbonyl (C=O) groups excluding carboxylic acids is 2. The quantitative estimate of drug-likeness (QED) is 0.556. The van der Waals surface area contributed by atoms with E-state index in [4.69, 9.17) is 9.47 Å².